The van der Waals surface area contributed by atoms with Crippen molar-refractivity contribution >= 4 is 70.6 Å². The summed E-state index contributed by atoms with van der Waals surface area (Å²) in [6.45, 7) is 4.22. The zero-order valence-corrected chi connectivity index (χ0v) is 70.6. The number of carboxylic acid groups (broad SMARTS) is 2. The molecule has 17 bridgehead atoms. The van der Waals surface area contributed by atoms with Crippen LogP contribution >= 0.6 is 23.2 Å². The number of nitrogens with one attached hydrogen (secondary N) is 8. The summed E-state index contributed by atoms with van der Waals surface area (Å²) in [6, 6.07) is 31.5. The summed E-state index contributed by atoms with van der Waals surface area (Å²) >= 11 is 14.3. The third kappa shape index (κ3) is 18.9. The van der Waals surface area contributed by atoms with Crippen molar-refractivity contribution in [1.29, 1.82) is 0 Å². The number of amides is 6. The number of phenols is 5. The first-order valence-electron chi connectivity index (χ1n) is 41.6. The molecule has 0 spiro atoms. The van der Waals surface area contributed by atoms with E-state index in [4.69, 9.17) is 46.9 Å². The van der Waals surface area contributed by atoms with E-state index in [1.54, 1.807) is 0 Å². The summed E-state index contributed by atoms with van der Waals surface area (Å²) in [6.07, 6.45) is -8.33. The molecule has 0 aliphatic carbocycles. The van der Waals surface area contributed by atoms with Crippen molar-refractivity contribution in [2.24, 2.45) is 0 Å². The van der Waals surface area contributed by atoms with Gasteiger partial charge in [-0.3, -0.25) is 38.6 Å². The average Bonchev–Trinajstić information content (AvgIpc) is 0.753. The van der Waals surface area contributed by atoms with Crippen LogP contribution in [0.5, 0.6) is 69.0 Å². The van der Waals surface area contributed by atoms with Crippen LogP contribution in [0.2, 0.25) is 10.0 Å². The summed E-state index contributed by atoms with van der Waals surface area (Å²) in [7, 11) is 1.45. The monoisotopic (exact) mass is 1800 g/mol. The molecule has 0 aromatic heterocycles. The highest BCUT2D eigenvalue weighted by molar-refractivity contribution is 6.33. The van der Waals surface area contributed by atoms with Crippen LogP contribution in [0, 0.1) is 0 Å². The summed E-state index contributed by atoms with van der Waals surface area (Å²) in [5.41, 5.74) is 2.23. The van der Waals surface area contributed by atoms with Crippen molar-refractivity contribution in [1.82, 2.24) is 52.3 Å². The number of halogens is 2. The van der Waals surface area contributed by atoms with Crippen LogP contribution in [0.3, 0.4) is 0 Å². The molecule has 10 aromatic rings. The number of carbonyl (C=O) groups excluding carboxylic acids is 6. The summed E-state index contributed by atoms with van der Waals surface area (Å²) in [5.74, 6) is -17.2. The molecule has 8 aliphatic rings. The van der Waals surface area contributed by atoms with Gasteiger partial charge in [0.1, 0.15) is 94.8 Å². The average molecular weight is 1800 g/mol. The number of piperazine rings is 1. The maximum Gasteiger partial charge on any atom is 0.335 e. The van der Waals surface area contributed by atoms with Gasteiger partial charge in [0.25, 0.3) is 0 Å². The largest absolute Gasteiger partial charge is 0.507 e. The summed E-state index contributed by atoms with van der Waals surface area (Å²) < 4.78 is 32.8. The number of phenolic OH excluding ortho intramolecular Hbond substituents is 5. The lowest BCUT2D eigenvalue weighted by Crippen LogP contribution is -2.65. The number of unbranched alkanes of at least 4 members (excludes halogenated alkanes) is 1. The smallest absolute Gasteiger partial charge is 0.335 e. The van der Waals surface area contributed by atoms with Crippen LogP contribution in [0.25, 0.3) is 22.3 Å². The third-order valence-corrected chi connectivity index (χ3v) is 24.5. The maximum atomic E-state index is 16.8. The van der Waals surface area contributed by atoms with Crippen molar-refractivity contribution in [3.63, 3.8) is 0 Å². The molecule has 0 saturated carbocycles. The van der Waals surface area contributed by atoms with Gasteiger partial charge < -0.3 is 117 Å². The van der Waals surface area contributed by atoms with Crippen LogP contribution in [0.1, 0.15) is 117 Å². The van der Waals surface area contributed by atoms with Gasteiger partial charge in [0.05, 0.1) is 21.7 Å². The quantitative estimate of drug-likeness (QED) is 0.0429. The number of fused-ring (bicyclic) bond motifs is 14. The number of benzene rings is 10. The number of carbonyl (C=O) groups is 8. The standard InChI is InChI=1S/C94H90Cl2N10O23/c1-3-4-8-45-11-13-47(14-12-45)42-98-79-82(113)83(114)85(93(123)124)129-94(79)128-84-69-37-54-38-70(84)127-67-28-23-53(35-61(67)95)80(111)78-91(120)103-77(92(121)122)58-41-65(109)60(44-106-31-29-105(30-32-106)43-48-15-19-50(20-16-48)49-9-6-5-7-10-49)81(112)71(58)57-34-51(21-26-63(57)107)74(88(117)104-78)100-89(118)75(54)101-90(119)76-59-39-56(40-66(110)72(59)96)126-68-36-52(22-27-64(68)108)73(97-2)87(116)99-62(86(115)102-76)33-46-17-24-55(125-69)25-18-46/h5-7,9-28,34-41,62,73-80,82-83,85,94,97-98,107-114H,3-4,8,29-33,42-44H2,1-2H3,(H,99,116)(H,100,118)(H,101,119)(H,102,115)(H,103,120)(H,104,117)(H,121,122)(H,123,124)/t62?,73?,74?,75?,76?,77-,78?,79?,80?,82?,83?,85?,94?/m1/s1. The fraction of sp³-hybridized carbons (Fsp3) is 0.277. The summed E-state index contributed by atoms with van der Waals surface area (Å²) in [4.78, 5) is 127. The molecule has 12 unspecified atom stereocenters. The van der Waals surface area contributed by atoms with Gasteiger partial charge in [-0.25, -0.2) is 9.59 Å². The minimum atomic E-state index is -2.38. The van der Waals surface area contributed by atoms with Crippen LogP contribution in [-0.4, -0.2) is 184 Å². The molecular weight excluding hydrogens is 1710 g/mol. The highest BCUT2D eigenvalue weighted by Crippen LogP contribution is 2.51. The zero-order chi connectivity index (χ0) is 90.9. The number of hydrogen-bond donors (Lipinski definition) is 18. The van der Waals surface area contributed by atoms with Gasteiger partial charge in [0.15, 0.2) is 35.1 Å². The molecule has 18 N–H and O–H groups in total. The highest BCUT2D eigenvalue weighted by atomic mass is 35.5. The fourth-order valence-electron chi connectivity index (χ4n) is 16.8. The lowest BCUT2D eigenvalue weighted by Gasteiger charge is -2.41. The van der Waals surface area contributed by atoms with Crippen molar-refractivity contribution in [3.8, 4) is 91.2 Å². The lowest BCUT2D eigenvalue weighted by atomic mass is 9.88. The van der Waals surface area contributed by atoms with Gasteiger partial charge in [-0.1, -0.05) is 146 Å². The Labute approximate surface area is 747 Å². The molecule has 129 heavy (non-hydrogen) atoms. The van der Waals surface area contributed by atoms with E-state index in [2.05, 4.69) is 66.5 Å². The van der Waals surface area contributed by atoms with Crippen molar-refractivity contribution < 1.29 is 113 Å². The molecule has 33 nitrogen and oxygen atoms in total. The first kappa shape index (κ1) is 88.8. The fourth-order valence-corrected chi connectivity index (χ4v) is 17.2. The molecule has 668 valence electrons. The Bertz CT molecular complexity index is 6010. The molecule has 8 aliphatic heterocycles. The van der Waals surface area contributed by atoms with Crippen LogP contribution < -0.4 is 61.5 Å². The van der Waals surface area contributed by atoms with Crippen molar-refractivity contribution in [2.75, 3.05) is 33.2 Å². The predicted octanol–water partition coefficient (Wildman–Crippen LogP) is 8.94. The van der Waals surface area contributed by atoms with Crippen LogP contribution in [0.15, 0.2) is 188 Å². The normalized spacial score (nSPS) is 23.1. The zero-order valence-electron chi connectivity index (χ0n) is 69.1. The number of aromatic hydroxyl groups is 5. The Morgan fingerprint density at radius 1 is 0.519 bits per heavy atom. The van der Waals surface area contributed by atoms with E-state index in [0.717, 1.165) is 96.1 Å². The molecule has 2 saturated heterocycles. The summed E-state index contributed by atoms with van der Waals surface area (Å²) in [5, 5.41) is 140. The number of rotatable bonds is 16. The van der Waals surface area contributed by atoms with E-state index in [9.17, 15) is 65.4 Å². The SMILES string of the molecule is CCCCc1ccc(CNC2C(Oc3c4cc5cc3Oc3ccc(cc3Cl)C(O)C3NC(=O)C(NC(=O)C5NC(=O)C5NC(=O)C(Cc6ccc(cc6)O4)NC(=O)C(NC)c4ccc(O)c(c4)Oc4cc(O)c(Cl)c5c4)c4ccc(O)c(c4)-c4c(cc(O)c(CN5CCN(Cc6ccc(-c7ccccc7)cc6)CC5)c4O)[C@H](C(=O)O)NC3=O)OC(C(=O)O)C(O)C2O)cc1. The lowest BCUT2D eigenvalue weighted by molar-refractivity contribution is -0.241. The van der Waals surface area contributed by atoms with E-state index >= 15 is 24.0 Å². The molecule has 35 heteroatoms. The third-order valence-electron chi connectivity index (χ3n) is 23.8. The molecule has 2 fully saturated rings. The molecular formula is C94H90Cl2N10O23. The number of carboxylic acids is 2. The van der Waals surface area contributed by atoms with Crippen LogP contribution in [-0.2, 0) is 75.6 Å². The molecule has 0 radical (unpaired) electrons. The Morgan fingerprint density at radius 2 is 1.14 bits per heavy atom. The molecule has 6 amide bonds. The number of aryl methyl sites for hydroxylation is 1. The molecule has 13 atom stereocenters. The minimum absolute atomic E-state index is 0.0619. The Balaban J connectivity index is 0.864. The van der Waals surface area contributed by atoms with Crippen molar-refractivity contribution in [2.45, 2.75) is 131 Å². The van der Waals surface area contributed by atoms with Gasteiger partial charge >= 0.3 is 11.9 Å². The van der Waals surface area contributed by atoms with Gasteiger partial charge in [0.2, 0.25) is 47.5 Å². The predicted molar refractivity (Wildman–Crippen MR) is 465 cm³/mol. The Morgan fingerprint density at radius 3 is 1.83 bits per heavy atom. The highest BCUT2D eigenvalue weighted by Gasteiger charge is 2.50. The van der Waals surface area contributed by atoms with E-state index in [1.807, 2.05) is 71.6 Å². The van der Waals surface area contributed by atoms with E-state index < -0.39 is 210 Å². The Kier molecular flexibility index (Phi) is 26.0. The second kappa shape index (κ2) is 37.8. The number of ether oxygens (including phenoxy) is 5. The number of aliphatic hydroxyl groups is 3. The number of hydrogen-bond acceptors (Lipinski definition) is 25. The second-order valence-electron chi connectivity index (χ2n) is 32.3. The van der Waals surface area contributed by atoms with Gasteiger partial charge in [-0.05, 0) is 148 Å². The molecule has 18 rings (SSSR count). The van der Waals surface area contributed by atoms with Crippen LogP contribution in [0.4, 0.5) is 0 Å². The molecule has 10 aromatic carbocycles. The number of aliphatic carboxylic acids is 2. The number of aliphatic hydroxyl groups excluding tert-OH is 3. The van der Waals surface area contributed by atoms with E-state index in [0.29, 0.717) is 43.9 Å². The van der Waals surface area contributed by atoms with E-state index in [-0.39, 0.29) is 64.8 Å². The van der Waals surface area contributed by atoms with Gasteiger partial charge in [-0.15, -0.1) is 0 Å². The van der Waals surface area contributed by atoms with Crippen molar-refractivity contribution in [3.05, 3.63) is 259 Å². The number of nitrogens with zero attached hydrogens (tertiary/aromatic N) is 2. The topological polar surface area (TPSA) is 488 Å². The molecule has 8 heterocycles. The maximum absolute atomic E-state index is 16.8. The first-order chi connectivity index (χ1) is 62.0. The van der Waals surface area contributed by atoms with Gasteiger partial charge in [0, 0.05) is 80.6 Å². The number of likely N-dealkylation sites (N-methyl/N-ethyl adjacent to an activating group) is 1. The Hall–Kier alpha value is -13.6. The second-order valence-corrected chi connectivity index (χ2v) is 33.1. The van der Waals surface area contributed by atoms with Gasteiger partial charge in [-0.2, -0.15) is 0 Å². The minimum Gasteiger partial charge on any atom is -0.507 e. The van der Waals surface area contributed by atoms with E-state index in [1.165, 1.54) is 61.6 Å². The first-order valence-corrected chi connectivity index (χ1v) is 42.4.